The maximum Gasteiger partial charge on any atom is 0.142 e. The van der Waals surface area contributed by atoms with Gasteiger partial charge in [0.15, 0.2) is 0 Å². The zero-order valence-electron chi connectivity index (χ0n) is 12.4. The SMILES string of the molecule is Oc1cccc(N(Cc2ccccc2)c2ccc(O)cc2O)c1. The van der Waals surface area contributed by atoms with Gasteiger partial charge in [0.25, 0.3) is 0 Å². The number of benzene rings is 3. The highest BCUT2D eigenvalue weighted by molar-refractivity contribution is 5.70. The number of hydrogen-bond donors (Lipinski definition) is 3. The lowest BCUT2D eigenvalue weighted by atomic mass is 10.1. The van der Waals surface area contributed by atoms with Crippen molar-refractivity contribution in [2.75, 3.05) is 4.90 Å². The predicted octanol–water partition coefficient (Wildman–Crippen LogP) is 4.14. The Bertz CT molecular complexity index is 803. The van der Waals surface area contributed by atoms with Gasteiger partial charge in [-0.1, -0.05) is 36.4 Å². The molecule has 0 unspecified atom stereocenters. The number of anilines is 2. The highest BCUT2D eigenvalue weighted by Crippen LogP contribution is 2.37. The minimum absolute atomic E-state index is 0.00169. The fourth-order valence-electron chi connectivity index (χ4n) is 2.48. The number of phenols is 3. The average molecular weight is 307 g/mol. The van der Waals surface area contributed by atoms with E-state index in [9.17, 15) is 15.3 Å². The van der Waals surface area contributed by atoms with Crippen molar-refractivity contribution in [2.24, 2.45) is 0 Å². The lowest BCUT2D eigenvalue weighted by Crippen LogP contribution is -2.16. The largest absolute Gasteiger partial charge is 0.508 e. The minimum Gasteiger partial charge on any atom is -0.508 e. The molecule has 0 spiro atoms. The van der Waals surface area contributed by atoms with Gasteiger partial charge in [0.1, 0.15) is 17.2 Å². The Kier molecular flexibility index (Phi) is 4.06. The molecule has 0 amide bonds. The Morgan fingerprint density at radius 1 is 0.696 bits per heavy atom. The zero-order chi connectivity index (χ0) is 16.2. The van der Waals surface area contributed by atoms with Crippen LogP contribution in [-0.2, 0) is 6.54 Å². The van der Waals surface area contributed by atoms with Crippen LogP contribution in [0, 0.1) is 0 Å². The van der Waals surface area contributed by atoms with E-state index in [1.165, 1.54) is 12.1 Å². The van der Waals surface area contributed by atoms with Crippen LogP contribution >= 0.6 is 0 Å². The van der Waals surface area contributed by atoms with Gasteiger partial charge in [0, 0.05) is 24.4 Å². The van der Waals surface area contributed by atoms with E-state index in [-0.39, 0.29) is 17.2 Å². The van der Waals surface area contributed by atoms with E-state index in [4.69, 9.17) is 0 Å². The van der Waals surface area contributed by atoms with E-state index in [0.717, 1.165) is 11.3 Å². The van der Waals surface area contributed by atoms with Crippen molar-refractivity contribution in [2.45, 2.75) is 6.54 Å². The van der Waals surface area contributed by atoms with E-state index in [1.807, 2.05) is 41.3 Å². The Hall–Kier alpha value is -3.14. The van der Waals surface area contributed by atoms with Gasteiger partial charge in [-0.25, -0.2) is 0 Å². The molecule has 3 aromatic rings. The summed E-state index contributed by atoms with van der Waals surface area (Å²) in [4.78, 5) is 1.88. The molecule has 0 atom stereocenters. The molecular formula is C19H17NO3. The van der Waals surface area contributed by atoms with Gasteiger partial charge in [-0.2, -0.15) is 0 Å². The quantitative estimate of drug-likeness (QED) is 0.678. The number of nitrogens with zero attached hydrogens (tertiary/aromatic N) is 1. The molecule has 3 aromatic carbocycles. The van der Waals surface area contributed by atoms with E-state index in [0.29, 0.717) is 12.2 Å². The maximum absolute atomic E-state index is 10.2. The second-order valence-electron chi connectivity index (χ2n) is 5.26. The lowest BCUT2D eigenvalue weighted by molar-refractivity contribution is 0.450. The van der Waals surface area contributed by atoms with Crippen LogP contribution in [0.5, 0.6) is 17.2 Å². The molecule has 0 saturated carbocycles. The highest BCUT2D eigenvalue weighted by Gasteiger charge is 2.15. The van der Waals surface area contributed by atoms with Gasteiger partial charge in [0.2, 0.25) is 0 Å². The molecule has 0 fully saturated rings. The standard InChI is InChI=1S/C19H17NO3/c21-16-8-4-7-15(11-16)20(13-14-5-2-1-3-6-14)18-10-9-17(22)12-19(18)23/h1-12,21-23H,13H2. The Balaban J connectivity index is 2.06. The zero-order valence-corrected chi connectivity index (χ0v) is 12.4. The molecule has 0 aliphatic heterocycles. The monoisotopic (exact) mass is 307 g/mol. The Labute approximate surface area is 134 Å². The second-order valence-corrected chi connectivity index (χ2v) is 5.26. The van der Waals surface area contributed by atoms with Gasteiger partial charge in [-0.15, -0.1) is 0 Å². The van der Waals surface area contributed by atoms with E-state index in [1.54, 1.807) is 24.3 Å². The molecule has 3 N–H and O–H groups in total. The Morgan fingerprint density at radius 2 is 1.43 bits per heavy atom. The van der Waals surface area contributed by atoms with E-state index < -0.39 is 0 Å². The van der Waals surface area contributed by atoms with Crippen molar-refractivity contribution >= 4 is 11.4 Å². The fourth-order valence-corrected chi connectivity index (χ4v) is 2.48. The number of hydrogen-bond acceptors (Lipinski definition) is 4. The molecule has 0 aromatic heterocycles. The van der Waals surface area contributed by atoms with Crippen molar-refractivity contribution < 1.29 is 15.3 Å². The van der Waals surface area contributed by atoms with Crippen LogP contribution in [0.15, 0.2) is 72.8 Å². The first-order valence-electron chi connectivity index (χ1n) is 7.26. The summed E-state index contributed by atoms with van der Waals surface area (Å²) in [7, 11) is 0. The lowest BCUT2D eigenvalue weighted by Gasteiger charge is -2.26. The van der Waals surface area contributed by atoms with Gasteiger partial charge in [0.05, 0.1) is 5.69 Å². The number of rotatable bonds is 4. The van der Waals surface area contributed by atoms with Crippen LogP contribution in [0.4, 0.5) is 11.4 Å². The molecule has 4 heteroatoms. The third-order valence-corrected chi connectivity index (χ3v) is 3.57. The molecule has 0 aliphatic carbocycles. The Morgan fingerprint density at radius 3 is 2.13 bits per heavy atom. The summed E-state index contributed by atoms with van der Waals surface area (Å²) in [6, 6.07) is 21.1. The second kappa shape index (κ2) is 6.32. The first-order chi connectivity index (χ1) is 11.1. The first-order valence-corrected chi connectivity index (χ1v) is 7.26. The topological polar surface area (TPSA) is 63.9 Å². The summed E-state index contributed by atoms with van der Waals surface area (Å²) in [5.74, 6) is 0.130. The minimum atomic E-state index is -0.0238. The van der Waals surface area contributed by atoms with Crippen molar-refractivity contribution in [3.05, 3.63) is 78.4 Å². The van der Waals surface area contributed by atoms with Gasteiger partial charge in [-0.05, 0) is 29.8 Å². The molecule has 0 heterocycles. The van der Waals surface area contributed by atoms with Crippen molar-refractivity contribution in [3.8, 4) is 17.2 Å². The molecule has 23 heavy (non-hydrogen) atoms. The van der Waals surface area contributed by atoms with Crippen molar-refractivity contribution in [1.82, 2.24) is 0 Å². The van der Waals surface area contributed by atoms with E-state index in [2.05, 4.69) is 0 Å². The fraction of sp³-hybridized carbons (Fsp3) is 0.0526. The number of aromatic hydroxyl groups is 3. The van der Waals surface area contributed by atoms with Gasteiger partial charge < -0.3 is 20.2 Å². The van der Waals surface area contributed by atoms with Crippen LogP contribution < -0.4 is 4.90 Å². The molecule has 3 rings (SSSR count). The highest BCUT2D eigenvalue weighted by atomic mass is 16.3. The third kappa shape index (κ3) is 3.37. The summed E-state index contributed by atoms with van der Waals surface area (Å²) < 4.78 is 0. The van der Waals surface area contributed by atoms with Crippen LogP contribution in [0.3, 0.4) is 0 Å². The van der Waals surface area contributed by atoms with Crippen LogP contribution in [0.2, 0.25) is 0 Å². The van der Waals surface area contributed by atoms with Crippen LogP contribution in [-0.4, -0.2) is 15.3 Å². The molecule has 0 radical (unpaired) electrons. The molecule has 0 saturated heterocycles. The molecular weight excluding hydrogens is 290 g/mol. The summed E-state index contributed by atoms with van der Waals surface area (Å²) in [6.45, 7) is 0.516. The predicted molar refractivity (Wildman–Crippen MR) is 90.2 cm³/mol. The van der Waals surface area contributed by atoms with Crippen molar-refractivity contribution in [3.63, 3.8) is 0 Å². The summed E-state index contributed by atoms with van der Waals surface area (Å²) in [5.41, 5.74) is 2.36. The van der Waals surface area contributed by atoms with Crippen LogP contribution in [0.25, 0.3) is 0 Å². The maximum atomic E-state index is 10.2. The normalized spacial score (nSPS) is 10.4. The van der Waals surface area contributed by atoms with Crippen molar-refractivity contribution in [1.29, 1.82) is 0 Å². The average Bonchev–Trinajstić information content (AvgIpc) is 2.54. The molecule has 0 aliphatic rings. The summed E-state index contributed by atoms with van der Waals surface area (Å²) >= 11 is 0. The van der Waals surface area contributed by atoms with E-state index >= 15 is 0 Å². The molecule has 116 valence electrons. The number of phenolic OH excluding ortho intramolecular Hbond substituents is 3. The molecule has 0 bridgehead atoms. The summed E-state index contributed by atoms with van der Waals surface area (Å²) in [6.07, 6.45) is 0. The van der Waals surface area contributed by atoms with Gasteiger partial charge in [-0.3, -0.25) is 0 Å². The summed E-state index contributed by atoms with van der Waals surface area (Å²) in [5, 5.41) is 29.5. The smallest absolute Gasteiger partial charge is 0.142 e. The molecule has 4 nitrogen and oxygen atoms in total. The van der Waals surface area contributed by atoms with Gasteiger partial charge >= 0.3 is 0 Å². The third-order valence-electron chi connectivity index (χ3n) is 3.57. The first kappa shape index (κ1) is 14.8. The van der Waals surface area contributed by atoms with Crippen LogP contribution in [0.1, 0.15) is 5.56 Å².